The minimum atomic E-state index is -0.604. The zero-order chi connectivity index (χ0) is 14.9. The number of carbonyl (C=O) groups is 1. The third-order valence-electron chi connectivity index (χ3n) is 2.98. The Morgan fingerprint density at radius 1 is 1.50 bits per heavy atom. The van der Waals surface area contributed by atoms with Crippen molar-refractivity contribution < 1.29 is 19.4 Å². The minimum absolute atomic E-state index is 0.135. The van der Waals surface area contributed by atoms with Gasteiger partial charge in [0.1, 0.15) is 5.60 Å². The molecule has 7 heteroatoms. The molecule has 2 heterocycles. The van der Waals surface area contributed by atoms with E-state index in [0.29, 0.717) is 11.7 Å². The molecule has 2 atom stereocenters. The predicted molar refractivity (Wildman–Crippen MR) is 75.2 cm³/mol. The van der Waals surface area contributed by atoms with Crippen molar-refractivity contribution in [3.8, 4) is 5.19 Å². The maximum Gasteiger partial charge on any atom is 0.410 e. The van der Waals surface area contributed by atoms with Crippen molar-refractivity contribution in [3.05, 3.63) is 11.1 Å². The molecule has 1 aliphatic rings. The second-order valence-electron chi connectivity index (χ2n) is 5.79. The van der Waals surface area contributed by atoms with Crippen LogP contribution in [0.15, 0.2) is 6.20 Å². The molecule has 0 spiro atoms. The summed E-state index contributed by atoms with van der Waals surface area (Å²) >= 11 is 1.39. The molecule has 2 unspecified atom stereocenters. The van der Waals surface area contributed by atoms with E-state index in [4.69, 9.17) is 9.47 Å². The van der Waals surface area contributed by atoms with Gasteiger partial charge in [-0.3, -0.25) is 0 Å². The molecule has 0 saturated carbocycles. The topological polar surface area (TPSA) is 71.9 Å². The molecule has 6 nitrogen and oxygen atoms in total. The van der Waals surface area contributed by atoms with Gasteiger partial charge in [0, 0.05) is 23.5 Å². The van der Waals surface area contributed by atoms with Crippen molar-refractivity contribution in [1.82, 2.24) is 9.88 Å². The summed E-state index contributed by atoms with van der Waals surface area (Å²) in [6.45, 7) is 6.18. The van der Waals surface area contributed by atoms with Crippen molar-refractivity contribution in [1.29, 1.82) is 0 Å². The summed E-state index contributed by atoms with van der Waals surface area (Å²) in [4.78, 5) is 18.5. The van der Waals surface area contributed by atoms with Gasteiger partial charge < -0.3 is 19.5 Å². The van der Waals surface area contributed by atoms with E-state index in [0.717, 1.165) is 4.88 Å². The lowest BCUT2D eigenvalue weighted by molar-refractivity contribution is 0.0270. The summed E-state index contributed by atoms with van der Waals surface area (Å²) in [5.74, 6) is -0.135. The fourth-order valence-electron chi connectivity index (χ4n) is 2.08. The van der Waals surface area contributed by atoms with Gasteiger partial charge in [0.15, 0.2) is 0 Å². The number of likely N-dealkylation sites (tertiary alicyclic amines) is 1. The number of aromatic nitrogens is 1. The summed E-state index contributed by atoms with van der Waals surface area (Å²) < 4.78 is 10.4. The lowest BCUT2D eigenvalue weighted by atomic mass is 10.1. The number of carbonyl (C=O) groups excluding carboxylic acids is 1. The van der Waals surface area contributed by atoms with Gasteiger partial charge in [-0.1, -0.05) is 11.3 Å². The number of hydrogen-bond donors (Lipinski definition) is 1. The van der Waals surface area contributed by atoms with Crippen LogP contribution in [0.25, 0.3) is 0 Å². The standard InChI is InChI=1S/C13H20N2O4S/c1-13(2,3)19-12(17)15-6-8(9(16)7-15)10-5-14-11(18-4)20-10/h5,8-9,16H,6-7H2,1-4H3. The number of ether oxygens (including phenoxy) is 2. The van der Waals surface area contributed by atoms with E-state index in [2.05, 4.69) is 4.98 Å². The first-order valence-corrected chi connectivity index (χ1v) is 7.27. The Bertz CT molecular complexity index is 483. The largest absolute Gasteiger partial charge is 0.473 e. The van der Waals surface area contributed by atoms with E-state index >= 15 is 0 Å². The SMILES string of the molecule is COc1ncc(C2CN(C(=O)OC(C)(C)C)CC2O)s1. The molecule has 1 aromatic heterocycles. The molecule has 1 fully saturated rings. The van der Waals surface area contributed by atoms with E-state index < -0.39 is 17.8 Å². The third-order valence-corrected chi connectivity index (χ3v) is 4.07. The smallest absolute Gasteiger partial charge is 0.410 e. The van der Waals surface area contributed by atoms with Crippen molar-refractivity contribution in [2.75, 3.05) is 20.2 Å². The molecule has 0 bridgehead atoms. The Labute approximate surface area is 122 Å². The van der Waals surface area contributed by atoms with Crippen LogP contribution in [0.4, 0.5) is 4.79 Å². The summed E-state index contributed by atoms with van der Waals surface area (Å²) in [6.07, 6.45) is 0.693. The summed E-state index contributed by atoms with van der Waals surface area (Å²) in [6, 6.07) is 0. The average Bonchev–Trinajstić information content (AvgIpc) is 2.92. The monoisotopic (exact) mass is 300 g/mol. The molecule has 1 amide bonds. The number of β-amino-alcohol motifs (C(OH)–C–C–N with tert-alkyl or cyclic N) is 1. The maximum atomic E-state index is 12.0. The molecule has 1 aromatic rings. The highest BCUT2D eigenvalue weighted by molar-refractivity contribution is 7.13. The second-order valence-corrected chi connectivity index (χ2v) is 6.82. The van der Waals surface area contributed by atoms with Crippen LogP contribution in [-0.4, -0.2) is 53.0 Å². The molecule has 1 N–H and O–H groups in total. The third kappa shape index (κ3) is 3.40. The molecule has 0 aliphatic carbocycles. The zero-order valence-electron chi connectivity index (χ0n) is 12.1. The minimum Gasteiger partial charge on any atom is -0.473 e. The van der Waals surface area contributed by atoms with Gasteiger partial charge in [-0.15, -0.1) is 0 Å². The molecule has 2 rings (SSSR count). The van der Waals surface area contributed by atoms with Gasteiger partial charge in [-0.2, -0.15) is 0 Å². The van der Waals surface area contributed by atoms with E-state index in [1.165, 1.54) is 16.2 Å². The Kier molecular flexibility index (Phi) is 4.19. The first kappa shape index (κ1) is 15.1. The van der Waals surface area contributed by atoms with Crippen LogP contribution in [0.1, 0.15) is 31.6 Å². The number of aliphatic hydroxyl groups excluding tert-OH is 1. The van der Waals surface area contributed by atoms with Crippen molar-refractivity contribution in [2.24, 2.45) is 0 Å². The zero-order valence-corrected chi connectivity index (χ0v) is 12.9. The number of nitrogens with zero attached hydrogens (tertiary/aromatic N) is 2. The fourth-order valence-corrected chi connectivity index (χ4v) is 2.96. The quantitative estimate of drug-likeness (QED) is 0.902. The van der Waals surface area contributed by atoms with Gasteiger partial charge in [0.2, 0.25) is 0 Å². The van der Waals surface area contributed by atoms with Gasteiger partial charge in [-0.05, 0) is 20.8 Å². The van der Waals surface area contributed by atoms with Gasteiger partial charge in [-0.25, -0.2) is 9.78 Å². The molecule has 0 aromatic carbocycles. The van der Waals surface area contributed by atoms with E-state index in [1.54, 1.807) is 13.3 Å². The molecule has 0 radical (unpaired) electrons. The highest BCUT2D eigenvalue weighted by atomic mass is 32.1. The summed E-state index contributed by atoms with van der Waals surface area (Å²) in [5.41, 5.74) is -0.534. The molecule has 1 saturated heterocycles. The Balaban J connectivity index is 2.03. The van der Waals surface area contributed by atoms with E-state index in [1.807, 2.05) is 20.8 Å². The molecule has 20 heavy (non-hydrogen) atoms. The highest BCUT2D eigenvalue weighted by Gasteiger charge is 2.38. The van der Waals surface area contributed by atoms with Crippen molar-refractivity contribution in [3.63, 3.8) is 0 Å². The number of hydrogen-bond acceptors (Lipinski definition) is 6. The molecule has 1 aliphatic heterocycles. The maximum absolute atomic E-state index is 12.0. The number of rotatable bonds is 2. The first-order valence-electron chi connectivity index (χ1n) is 6.46. The summed E-state index contributed by atoms with van der Waals surface area (Å²) in [5, 5.41) is 10.7. The lowest BCUT2D eigenvalue weighted by Crippen LogP contribution is -2.35. The van der Waals surface area contributed by atoms with E-state index in [-0.39, 0.29) is 12.5 Å². The van der Waals surface area contributed by atoms with Crippen LogP contribution in [0, 0.1) is 0 Å². The van der Waals surface area contributed by atoms with Gasteiger partial charge in [0.05, 0.1) is 19.8 Å². The summed E-state index contributed by atoms with van der Waals surface area (Å²) in [7, 11) is 1.56. The average molecular weight is 300 g/mol. The molecular weight excluding hydrogens is 280 g/mol. The highest BCUT2D eigenvalue weighted by Crippen LogP contribution is 2.34. The number of aliphatic hydroxyl groups is 1. The van der Waals surface area contributed by atoms with Crippen molar-refractivity contribution in [2.45, 2.75) is 38.4 Å². The van der Waals surface area contributed by atoms with Crippen LogP contribution < -0.4 is 4.74 Å². The lowest BCUT2D eigenvalue weighted by Gasteiger charge is -2.24. The number of amides is 1. The number of methoxy groups -OCH3 is 1. The van der Waals surface area contributed by atoms with Crippen LogP contribution in [0.5, 0.6) is 5.19 Å². The second kappa shape index (κ2) is 5.57. The number of thiazole rings is 1. The van der Waals surface area contributed by atoms with Crippen LogP contribution in [-0.2, 0) is 4.74 Å². The molecule has 112 valence electrons. The van der Waals surface area contributed by atoms with Crippen LogP contribution in [0.3, 0.4) is 0 Å². The van der Waals surface area contributed by atoms with Crippen LogP contribution in [0.2, 0.25) is 0 Å². The van der Waals surface area contributed by atoms with Crippen LogP contribution >= 0.6 is 11.3 Å². The fraction of sp³-hybridized carbons (Fsp3) is 0.692. The molecular formula is C13H20N2O4S. The Morgan fingerprint density at radius 2 is 2.20 bits per heavy atom. The van der Waals surface area contributed by atoms with Gasteiger partial charge >= 0.3 is 6.09 Å². The van der Waals surface area contributed by atoms with Crippen molar-refractivity contribution >= 4 is 17.4 Å². The first-order chi connectivity index (χ1) is 9.30. The normalized spacial score (nSPS) is 22.9. The predicted octanol–water partition coefficient (Wildman–Crippen LogP) is 1.85. The van der Waals surface area contributed by atoms with Gasteiger partial charge in [0.25, 0.3) is 5.19 Å². The Hall–Kier alpha value is -1.34. The Morgan fingerprint density at radius 3 is 2.75 bits per heavy atom. The van der Waals surface area contributed by atoms with E-state index in [9.17, 15) is 9.90 Å².